The van der Waals surface area contributed by atoms with Crippen molar-refractivity contribution in [1.82, 2.24) is 0 Å². The Morgan fingerprint density at radius 3 is 1.11 bits per heavy atom. The van der Waals surface area contributed by atoms with Gasteiger partial charge in [-0.3, -0.25) is 123 Å². The maximum Gasteiger partial charge on any atom is 0.260 e. The third-order valence-corrected chi connectivity index (χ3v) is 14.5. The van der Waals surface area contributed by atoms with E-state index in [1.165, 1.54) is 46.2 Å². The van der Waals surface area contributed by atoms with Crippen molar-refractivity contribution in [3.05, 3.63) is 278 Å². The van der Waals surface area contributed by atoms with Crippen LogP contribution in [0.2, 0.25) is 0 Å². The minimum atomic E-state index is 0.0869. The number of unbranched alkanes of at least 4 members (excludes halogenated alkanes) is 1. The van der Waals surface area contributed by atoms with E-state index in [1.807, 2.05) is 160 Å². The Bertz CT molecular complexity index is 4360. The van der Waals surface area contributed by atoms with Crippen molar-refractivity contribution in [3.63, 3.8) is 0 Å². The standard InChI is InChI=1S/2C13H19N3.C12H17N3.C10H13N3O.3C10H13N3.C9H11N3/c1-13(2,3)11-6-4-10(5-7-11)8-16-9-12(14)15;1-2-3-4-11-5-7-12(8-6-11)9-16-10-13(14)15;1-9(2)11-5-3-10(4-6-11)7-15-8-12(13)14;1-14-9-5-3-2-4-8(9)6-13-7-10(11)12;1-8-2-4-9(5-3-8)6-13-7-10(11)12;1-8-3-2-4-9(5-8)6-13-7-10(11)12;1-8-4-2-3-5-9(8)6-13-7-10(11)12;10-9(11)7-12-6-8-4-2-1-3-5-8/h4-8H,9H2,1-3H3,(H3,14,15);5-9H,2-4,10H2,1H3,(H3,14,15);3-7,9H,8H2,1-2H3,(H3,13,14);2-6H,7H2,1H3,(H3,11,12);3*2-6H,7H2,1H3,(H3,11,12);1-6H,7H2,(H3,10,11)/p+7. The SMILES string of the molecule is CC(C)(C)c1ccc(C=NCC(N)=[NH2+])cc1.CC(C)c1ccc(C=NCC(N)=[NH2+])cc1.CCCCc1ccc(C=NCC(N)=[NH2+])cc1.COc1ccccc1C=NCC(N)=[NH2+].Cc1ccc(C=NCC(N)=[NH2+])cc1.Cc1cccc(C=NCC(=N)N)c1.Cc1ccccc1C=NCC(N)=[NH2+].NC(=[NH2+])CN=Cc1ccccc1. The number of aryl methyl sites for hydroxylation is 4. The Morgan fingerprint density at radius 2 is 0.723 bits per heavy atom. The van der Waals surface area contributed by atoms with Crippen LogP contribution in [0.5, 0.6) is 5.75 Å². The number of benzene rings is 8. The number of hydrogen-bond acceptors (Lipinski definition) is 10. The lowest BCUT2D eigenvalue weighted by Crippen LogP contribution is -2.47. The molecule has 25 nitrogen and oxygen atoms in total. The summed E-state index contributed by atoms with van der Waals surface area (Å²) in [5.41, 5.74) is 58.4. The molecule has 31 N–H and O–H groups in total. The molecule has 592 valence electrons. The molecule has 0 bridgehead atoms. The van der Waals surface area contributed by atoms with Crippen LogP contribution in [0.4, 0.5) is 0 Å². The normalized spacial score (nSPS) is 10.8. The summed E-state index contributed by atoms with van der Waals surface area (Å²) in [5, 5.41) is 44.0. The van der Waals surface area contributed by atoms with E-state index in [0.717, 1.165) is 56.7 Å². The number of methoxy groups -OCH3 is 1. The molecule has 0 saturated carbocycles. The Hall–Kier alpha value is -13.3. The van der Waals surface area contributed by atoms with E-state index in [-0.39, 0.29) is 17.8 Å². The molecular formula is C87H125N24O+7. The molecule has 112 heavy (non-hydrogen) atoms. The van der Waals surface area contributed by atoms with Gasteiger partial charge in [0.2, 0.25) is 0 Å². The lowest BCUT2D eigenvalue weighted by atomic mass is 9.87. The first-order valence-electron chi connectivity index (χ1n) is 36.4. The van der Waals surface area contributed by atoms with Crippen LogP contribution in [-0.4, -0.2) is 156 Å². The molecule has 0 aliphatic heterocycles. The zero-order valence-electron chi connectivity index (χ0n) is 67.2. The van der Waals surface area contributed by atoms with Gasteiger partial charge in [0.05, 0.1) is 13.7 Å². The van der Waals surface area contributed by atoms with Crippen LogP contribution in [0.1, 0.15) is 138 Å². The number of hydrogen-bond donors (Lipinski definition) is 16. The molecule has 0 unspecified atom stereocenters. The van der Waals surface area contributed by atoms with Gasteiger partial charge in [0.15, 0.2) is 0 Å². The van der Waals surface area contributed by atoms with Gasteiger partial charge in [-0.1, -0.05) is 247 Å². The number of nitrogens with zero attached hydrogens (tertiary/aromatic N) is 8. The highest BCUT2D eigenvalue weighted by Crippen LogP contribution is 2.22. The second kappa shape index (κ2) is 57.8. The maximum atomic E-state index is 6.97. The monoisotopic (exact) mass is 1520 g/mol. The fourth-order valence-electron chi connectivity index (χ4n) is 8.66. The number of nitrogens with one attached hydrogen (secondary N) is 1. The number of nitrogens with two attached hydrogens (primary N) is 15. The average molecular weight is 1520 g/mol. The van der Waals surface area contributed by atoms with Gasteiger partial charge in [0.25, 0.3) is 40.8 Å². The number of ether oxygens (including phenoxy) is 1. The van der Waals surface area contributed by atoms with Gasteiger partial charge in [-0.2, -0.15) is 0 Å². The molecule has 0 aliphatic carbocycles. The molecule has 0 heterocycles. The first-order valence-corrected chi connectivity index (χ1v) is 36.4. The predicted octanol–water partition coefficient (Wildman–Crippen LogP) is 0.291. The van der Waals surface area contributed by atoms with E-state index in [1.54, 1.807) is 56.8 Å². The Labute approximate surface area is 663 Å². The molecule has 25 heteroatoms. The molecule has 0 amide bonds. The van der Waals surface area contributed by atoms with Crippen molar-refractivity contribution in [2.45, 2.75) is 92.9 Å². The quantitative estimate of drug-likeness (QED) is 0.0226. The summed E-state index contributed by atoms with van der Waals surface area (Å²) in [7, 11) is 1.62. The van der Waals surface area contributed by atoms with E-state index in [4.69, 9.17) is 93.9 Å². The van der Waals surface area contributed by atoms with E-state index in [0.29, 0.717) is 92.6 Å². The van der Waals surface area contributed by atoms with Gasteiger partial charge in [-0.25, -0.2) is 0 Å². The zero-order valence-corrected chi connectivity index (χ0v) is 67.2. The van der Waals surface area contributed by atoms with Crippen LogP contribution >= 0.6 is 0 Å². The lowest BCUT2D eigenvalue weighted by molar-refractivity contribution is -0.117. The summed E-state index contributed by atoms with van der Waals surface area (Å²) in [6.45, 7) is 22.1. The summed E-state index contributed by atoms with van der Waals surface area (Å²) >= 11 is 0. The van der Waals surface area contributed by atoms with Crippen molar-refractivity contribution < 1.29 is 42.6 Å². The summed E-state index contributed by atoms with van der Waals surface area (Å²) in [5.74, 6) is 3.76. The first kappa shape index (κ1) is 96.7. The molecule has 0 saturated heterocycles. The molecular weight excluding hydrogens is 1400 g/mol. The second-order valence-electron chi connectivity index (χ2n) is 26.7. The third-order valence-electron chi connectivity index (χ3n) is 14.5. The van der Waals surface area contributed by atoms with Gasteiger partial charge >= 0.3 is 0 Å². The number of aliphatic imine (C=N–C) groups is 8. The zero-order chi connectivity index (χ0) is 83.5. The first-order chi connectivity index (χ1) is 53.3. The van der Waals surface area contributed by atoms with Crippen molar-refractivity contribution in [2.24, 2.45) is 85.8 Å². The number of para-hydroxylation sites is 1. The van der Waals surface area contributed by atoms with Gasteiger partial charge < -0.3 is 10.5 Å². The molecule has 0 aromatic heterocycles. The number of rotatable bonds is 29. The van der Waals surface area contributed by atoms with Crippen molar-refractivity contribution in [3.8, 4) is 5.75 Å². The lowest BCUT2D eigenvalue weighted by Gasteiger charge is -2.18. The van der Waals surface area contributed by atoms with Crippen LogP contribution in [-0.2, 0) is 11.8 Å². The fraction of sp³-hybridized carbons (Fsp3) is 0.264. The largest absolute Gasteiger partial charge is 0.496 e. The Morgan fingerprint density at radius 1 is 0.384 bits per heavy atom. The highest BCUT2D eigenvalue weighted by molar-refractivity contribution is 5.89. The third kappa shape index (κ3) is 51.8. The summed E-state index contributed by atoms with van der Waals surface area (Å²) in [6, 6.07) is 66.6. The van der Waals surface area contributed by atoms with Gasteiger partial charge in [0, 0.05) is 55.3 Å². The Balaban J connectivity index is 0.000000641. The maximum absolute atomic E-state index is 6.97. The summed E-state index contributed by atoms with van der Waals surface area (Å²) in [6.07, 6.45) is 17.7. The van der Waals surface area contributed by atoms with Gasteiger partial charge in [0.1, 0.15) is 57.4 Å². The average Bonchev–Trinajstić information content (AvgIpc) is 0.867. The highest BCUT2D eigenvalue weighted by atomic mass is 16.5. The fourth-order valence-corrected chi connectivity index (χ4v) is 8.66. The molecule has 0 atom stereocenters. The van der Waals surface area contributed by atoms with Crippen molar-refractivity contribution in [2.75, 3.05) is 59.5 Å². The summed E-state index contributed by atoms with van der Waals surface area (Å²) < 4.78 is 5.14. The predicted molar refractivity (Wildman–Crippen MR) is 473 cm³/mol. The molecule has 8 aromatic carbocycles. The topological polar surface area (TPSA) is 519 Å². The van der Waals surface area contributed by atoms with Crippen LogP contribution in [0.25, 0.3) is 0 Å². The molecule has 0 aliphatic rings. The Kier molecular flexibility index (Phi) is 49.9. The van der Waals surface area contributed by atoms with Crippen molar-refractivity contribution >= 4 is 96.4 Å². The van der Waals surface area contributed by atoms with Crippen LogP contribution < -0.4 is 88.5 Å². The molecule has 8 rings (SSSR count). The van der Waals surface area contributed by atoms with Crippen LogP contribution in [0, 0.1) is 26.2 Å². The number of amidine groups is 8. The highest BCUT2D eigenvalue weighted by Gasteiger charge is 2.12. The molecule has 8 aromatic rings. The van der Waals surface area contributed by atoms with Crippen molar-refractivity contribution in [1.29, 1.82) is 5.41 Å². The van der Waals surface area contributed by atoms with E-state index in [9.17, 15) is 0 Å². The van der Waals surface area contributed by atoms with Gasteiger partial charge in [-0.05, 0) is 118 Å². The molecule has 0 spiro atoms. The van der Waals surface area contributed by atoms with Crippen LogP contribution in [0.3, 0.4) is 0 Å². The smallest absolute Gasteiger partial charge is 0.260 e. The van der Waals surface area contributed by atoms with E-state index in [2.05, 4.69) is 142 Å². The van der Waals surface area contributed by atoms with Crippen LogP contribution in [0.15, 0.2) is 240 Å². The molecule has 0 fully saturated rings. The minimum Gasteiger partial charge on any atom is -0.496 e. The molecule has 0 radical (unpaired) electrons. The van der Waals surface area contributed by atoms with E-state index >= 15 is 0 Å². The van der Waals surface area contributed by atoms with E-state index < -0.39 is 0 Å². The minimum absolute atomic E-state index is 0.0869. The second-order valence-corrected chi connectivity index (χ2v) is 26.7. The summed E-state index contributed by atoms with van der Waals surface area (Å²) in [4.78, 5) is 32.6. The van der Waals surface area contributed by atoms with Gasteiger partial charge in [-0.15, -0.1) is 0 Å².